The molecular formula is C16H14ClN3O. The van der Waals surface area contributed by atoms with Gasteiger partial charge in [-0.3, -0.25) is 0 Å². The summed E-state index contributed by atoms with van der Waals surface area (Å²) in [6.07, 6.45) is 1.81. The van der Waals surface area contributed by atoms with E-state index in [4.69, 9.17) is 16.3 Å². The Morgan fingerprint density at radius 3 is 2.86 bits per heavy atom. The number of hydrogen-bond donors (Lipinski definition) is 1. The van der Waals surface area contributed by atoms with E-state index >= 15 is 0 Å². The zero-order chi connectivity index (χ0) is 14.8. The van der Waals surface area contributed by atoms with E-state index in [0.29, 0.717) is 16.7 Å². The third-order valence-corrected chi connectivity index (χ3v) is 3.53. The maximum absolute atomic E-state index is 6.01. The minimum Gasteiger partial charge on any atom is -0.495 e. The molecule has 1 N–H and O–H groups in total. The predicted molar refractivity (Wildman–Crippen MR) is 85.6 cm³/mol. The highest BCUT2D eigenvalue weighted by molar-refractivity contribution is 6.32. The quantitative estimate of drug-likeness (QED) is 0.781. The van der Waals surface area contributed by atoms with Gasteiger partial charge in [-0.25, -0.2) is 9.97 Å². The molecule has 0 radical (unpaired) electrons. The number of anilines is 2. The summed E-state index contributed by atoms with van der Waals surface area (Å²) in [7, 11) is 1.58. The molecule has 1 heterocycles. The largest absolute Gasteiger partial charge is 0.495 e. The van der Waals surface area contributed by atoms with Gasteiger partial charge in [-0.1, -0.05) is 29.8 Å². The molecule has 5 heteroatoms. The van der Waals surface area contributed by atoms with Gasteiger partial charge in [-0.05, 0) is 24.6 Å². The molecule has 0 bridgehead atoms. The van der Waals surface area contributed by atoms with Crippen molar-refractivity contribution in [1.29, 1.82) is 0 Å². The minimum absolute atomic E-state index is 0.543. The third kappa shape index (κ3) is 2.76. The zero-order valence-corrected chi connectivity index (χ0v) is 12.5. The van der Waals surface area contributed by atoms with Gasteiger partial charge < -0.3 is 10.1 Å². The topological polar surface area (TPSA) is 47.0 Å². The number of methoxy groups -OCH3 is 1. The molecule has 1 aromatic heterocycles. The van der Waals surface area contributed by atoms with Crippen LogP contribution in [0.2, 0.25) is 5.02 Å². The lowest BCUT2D eigenvalue weighted by Crippen LogP contribution is -1.98. The van der Waals surface area contributed by atoms with Gasteiger partial charge in [0, 0.05) is 23.3 Å². The van der Waals surface area contributed by atoms with Gasteiger partial charge in [0.05, 0.1) is 17.6 Å². The lowest BCUT2D eigenvalue weighted by molar-refractivity contribution is 0.415. The lowest BCUT2D eigenvalue weighted by Gasteiger charge is -2.09. The van der Waals surface area contributed by atoms with Crippen LogP contribution in [-0.4, -0.2) is 17.1 Å². The van der Waals surface area contributed by atoms with Crippen LogP contribution in [0, 0.1) is 6.92 Å². The number of aryl methyl sites for hydroxylation is 1. The summed E-state index contributed by atoms with van der Waals surface area (Å²) in [4.78, 5) is 8.88. The first-order chi connectivity index (χ1) is 10.2. The van der Waals surface area contributed by atoms with Crippen molar-refractivity contribution in [2.45, 2.75) is 6.92 Å². The second kappa shape index (κ2) is 5.58. The van der Waals surface area contributed by atoms with Crippen LogP contribution in [0.1, 0.15) is 5.56 Å². The van der Waals surface area contributed by atoms with Crippen molar-refractivity contribution in [3.63, 3.8) is 0 Å². The zero-order valence-electron chi connectivity index (χ0n) is 11.7. The first-order valence-corrected chi connectivity index (χ1v) is 6.88. The molecule has 0 unspecified atom stereocenters. The lowest BCUT2D eigenvalue weighted by atomic mass is 10.1. The molecule has 0 saturated carbocycles. The number of nitrogens with one attached hydrogen (secondary N) is 1. The number of benzene rings is 2. The molecule has 21 heavy (non-hydrogen) atoms. The molecule has 0 saturated heterocycles. The van der Waals surface area contributed by atoms with Crippen LogP contribution in [0.3, 0.4) is 0 Å². The van der Waals surface area contributed by atoms with Gasteiger partial charge in [0.15, 0.2) is 0 Å². The molecule has 106 valence electrons. The Balaban J connectivity index is 1.96. The van der Waals surface area contributed by atoms with E-state index < -0.39 is 0 Å². The van der Waals surface area contributed by atoms with Gasteiger partial charge in [0.25, 0.3) is 0 Å². The number of hydrogen-bond acceptors (Lipinski definition) is 4. The molecule has 0 aliphatic carbocycles. The van der Waals surface area contributed by atoms with Gasteiger partial charge in [0.1, 0.15) is 5.75 Å². The Morgan fingerprint density at radius 1 is 1.19 bits per heavy atom. The first-order valence-electron chi connectivity index (χ1n) is 6.50. The molecule has 3 rings (SSSR count). The summed E-state index contributed by atoms with van der Waals surface area (Å²) in [5, 5.41) is 4.75. The van der Waals surface area contributed by atoms with Crippen LogP contribution in [0.4, 0.5) is 11.6 Å². The summed E-state index contributed by atoms with van der Waals surface area (Å²) in [5.41, 5.74) is 2.88. The molecule has 3 aromatic rings. The smallest absolute Gasteiger partial charge is 0.227 e. The summed E-state index contributed by atoms with van der Waals surface area (Å²) >= 11 is 6.01. The maximum Gasteiger partial charge on any atom is 0.227 e. The fourth-order valence-corrected chi connectivity index (χ4v) is 2.33. The number of ether oxygens (including phenoxy) is 1. The van der Waals surface area contributed by atoms with E-state index in [1.807, 2.05) is 43.5 Å². The number of rotatable bonds is 3. The number of aromatic nitrogens is 2. The normalized spacial score (nSPS) is 10.6. The number of fused-ring (bicyclic) bond motifs is 1. The van der Waals surface area contributed by atoms with Crippen LogP contribution in [-0.2, 0) is 0 Å². The Kier molecular flexibility index (Phi) is 3.62. The van der Waals surface area contributed by atoms with Gasteiger partial charge in [-0.2, -0.15) is 0 Å². The standard InChI is InChI=1S/C16H14ClN3O/c1-10-4-3-5-11-9-18-16(20-15(10)11)19-12-6-7-13(17)14(8-12)21-2/h3-9H,1-2H3,(H,18,19,20). The second-order valence-corrected chi connectivity index (χ2v) is 5.09. The average molecular weight is 300 g/mol. The molecule has 0 amide bonds. The molecule has 2 aromatic carbocycles. The molecule has 0 aliphatic rings. The Bertz CT molecular complexity index is 805. The summed E-state index contributed by atoms with van der Waals surface area (Å²) < 4.78 is 5.20. The molecule has 4 nitrogen and oxygen atoms in total. The maximum atomic E-state index is 6.01. The Morgan fingerprint density at radius 2 is 2.05 bits per heavy atom. The number of nitrogens with zero attached hydrogens (tertiary/aromatic N) is 2. The van der Waals surface area contributed by atoms with Crippen molar-refractivity contribution in [1.82, 2.24) is 9.97 Å². The van der Waals surface area contributed by atoms with Crippen LogP contribution < -0.4 is 10.1 Å². The van der Waals surface area contributed by atoms with E-state index in [1.54, 1.807) is 13.2 Å². The van der Waals surface area contributed by atoms with E-state index in [0.717, 1.165) is 22.2 Å². The molecular weight excluding hydrogens is 286 g/mol. The second-order valence-electron chi connectivity index (χ2n) is 4.68. The van der Waals surface area contributed by atoms with Crippen LogP contribution in [0.5, 0.6) is 5.75 Å². The van der Waals surface area contributed by atoms with Crippen molar-refractivity contribution in [2.75, 3.05) is 12.4 Å². The molecule has 0 spiro atoms. The van der Waals surface area contributed by atoms with Gasteiger partial charge >= 0.3 is 0 Å². The highest BCUT2D eigenvalue weighted by Crippen LogP contribution is 2.28. The highest BCUT2D eigenvalue weighted by atomic mass is 35.5. The van der Waals surface area contributed by atoms with E-state index in [-0.39, 0.29) is 0 Å². The Hall–Kier alpha value is -2.33. The van der Waals surface area contributed by atoms with Crippen molar-refractivity contribution in [3.8, 4) is 5.75 Å². The number of halogens is 1. The van der Waals surface area contributed by atoms with E-state index in [9.17, 15) is 0 Å². The summed E-state index contributed by atoms with van der Waals surface area (Å²) in [5.74, 6) is 1.15. The average Bonchev–Trinajstić information content (AvgIpc) is 2.50. The first kappa shape index (κ1) is 13.6. The van der Waals surface area contributed by atoms with Crippen molar-refractivity contribution in [2.24, 2.45) is 0 Å². The molecule has 0 atom stereocenters. The monoisotopic (exact) mass is 299 g/mol. The predicted octanol–water partition coefficient (Wildman–Crippen LogP) is 4.34. The Labute approximate surface area is 127 Å². The van der Waals surface area contributed by atoms with Crippen LogP contribution in [0.15, 0.2) is 42.6 Å². The summed E-state index contributed by atoms with van der Waals surface area (Å²) in [6.45, 7) is 2.03. The van der Waals surface area contributed by atoms with E-state index in [2.05, 4.69) is 15.3 Å². The van der Waals surface area contributed by atoms with Crippen molar-refractivity contribution >= 4 is 34.1 Å². The molecule has 0 aliphatic heterocycles. The van der Waals surface area contributed by atoms with Crippen LogP contribution >= 0.6 is 11.6 Å². The SMILES string of the molecule is COc1cc(Nc2ncc3cccc(C)c3n2)ccc1Cl. The van der Waals surface area contributed by atoms with Crippen molar-refractivity contribution in [3.05, 3.63) is 53.2 Å². The van der Waals surface area contributed by atoms with Crippen LogP contribution in [0.25, 0.3) is 10.9 Å². The highest BCUT2D eigenvalue weighted by Gasteiger charge is 2.05. The minimum atomic E-state index is 0.543. The fourth-order valence-electron chi connectivity index (χ4n) is 2.13. The van der Waals surface area contributed by atoms with Crippen molar-refractivity contribution < 1.29 is 4.74 Å². The van der Waals surface area contributed by atoms with Gasteiger partial charge in [-0.15, -0.1) is 0 Å². The third-order valence-electron chi connectivity index (χ3n) is 3.22. The number of para-hydroxylation sites is 1. The molecule has 0 fully saturated rings. The van der Waals surface area contributed by atoms with E-state index in [1.165, 1.54) is 0 Å². The fraction of sp³-hybridized carbons (Fsp3) is 0.125. The summed E-state index contributed by atoms with van der Waals surface area (Å²) in [6, 6.07) is 11.5. The van der Waals surface area contributed by atoms with Gasteiger partial charge in [0.2, 0.25) is 5.95 Å².